The molecule has 2 aliphatic rings. The summed E-state index contributed by atoms with van der Waals surface area (Å²) in [7, 11) is 3.69. The summed E-state index contributed by atoms with van der Waals surface area (Å²) in [6, 6.07) is 9.65. The Morgan fingerprint density at radius 3 is 2.60 bits per heavy atom. The third-order valence-corrected chi connectivity index (χ3v) is 7.35. The van der Waals surface area contributed by atoms with E-state index in [-0.39, 0.29) is 0 Å². The van der Waals surface area contributed by atoms with Gasteiger partial charge in [0.25, 0.3) is 0 Å². The second-order valence-corrected chi connectivity index (χ2v) is 9.40. The molecule has 0 unspecified atom stereocenters. The van der Waals surface area contributed by atoms with Crippen molar-refractivity contribution in [2.45, 2.75) is 45.2 Å². The van der Waals surface area contributed by atoms with E-state index < -0.39 is 0 Å². The van der Waals surface area contributed by atoms with Crippen LogP contribution in [0.2, 0.25) is 5.15 Å². The van der Waals surface area contributed by atoms with Gasteiger partial charge in [0.2, 0.25) is 0 Å². The molecule has 0 bridgehead atoms. The molecule has 0 amide bonds. The summed E-state index contributed by atoms with van der Waals surface area (Å²) in [5, 5.41) is 5.25. The smallest absolute Gasteiger partial charge is 0.131 e. The van der Waals surface area contributed by atoms with Crippen LogP contribution in [-0.2, 0) is 31.2 Å². The first kappa shape index (κ1) is 21.8. The van der Waals surface area contributed by atoms with Crippen LogP contribution in [0.15, 0.2) is 24.3 Å². The number of likely N-dealkylation sites (tertiary alicyclic amines) is 1. The molecule has 1 fully saturated rings. The SMILES string of the molecule is COCCN(Cc1c(C)nn(C)c1Cl)C[C@@H]1CCCN(C2Cc3ccccc3C2)C1. The lowest BCUT2D eigenvalue weighted by Gasteiger charge is -2.38. The van der Waals surface area contributed by atoms with Crippen LogP contribution in [0.3, 0.4) is 0 Å². The van der Waals surface area contributed by atoms with Gasteiger partial charge in [-0.15, -0.1) is 0 Å². The topological polar surface area (TPSA) is 33.5 Å². The highest BCUT2D eigenvalue weighted by molar-refractivity contribution is 6.30. The molecular weight excluding hydrogens is 396 g/mol. The van der Waals surface area contributed by atoms with Gasteiger partial charge >= 0.3 is 0 Å². The number of benzene rings is 1. The molecule has 2 heterocycles. The van der Waals surface area contributed by atoms with Gasteiger partial charge in [-0.2, -0.15) is 5.10 Å². The van der Waals surface area contributed by atoms with Crippen LogP contribution in [0, 0.1) is 12.8 Å². The maximum atomic E-state index is 6.52. The number of aromatic nitrogens is 2. The minimum Gasteiger partial charge on any atom is -0.383 e. The fraction of sp³-hybridized carbons (Fsp3) is 0.625. The van der Waals surface area contributed by atoms with E-state index in [1.54, 1.807) is 22.9 Å². The normalized spacial score (nSPS) is 20.2. The number of piperidine rings is 1. The molecule has 1 aromatic heterocycles. The summed E-state index contributed by atoms with van der Waals surface area (Å²) >= 11 is 6.52. The minimum atomic E-state index is 0.674. The average molecular weight is 431 g/mol. The number of hydrogen-bond acceptors (Lipinski definition) is 4. The molecule has 30 heavy (non-hydrogen) atoms. The molecule has 1 saturated heterocycles. The lowest BCUT2D eigenvalue weighted by atomic mass is 9.95. The second-order valence-electron chi connectivity index (χ2n) is 9.04. The third-order valence-electron chi connectivity index (χ3n) is 6.88. The number of nitrogens with zero attached hydrogens (tertiary/aromatic N) is 4. The van der Waals surface area contributed by atoms with Crippen molar-refractivity contribution in [3.05, 3.63) is 51.8 Å². The number of fused-ring (bicyclic) bond motifs is 1. The molecule has 0 radical (unpaired) electrons. The summed E-state index contributed by atoms with van der Waals surface area (Å²) in [5.41, 5.74) is 5.27. The minimum absolute atomic E-state index is 0.674. The van der Waals surface area contributed by atoms with Crippen molar-refractivity contribution >= 4 is 11.6 Å². The number of aryl methyl sites for hydroxylation is 2. The summed E-state index contributed by atoms with van der Waals surface area (Å²) in [4.78, 5) is 5.27. The Balaban J connectivity index is 1.39. The maximum absolute atomic E-state index is 6.52. The highest BCUT2D eigenvalue weighted by Gasteiger charge is 2.31. The Hall–Kier alpha value is -1.40. The predicted molar refractivity (Wildman–Crippen MR) is 122 cm³/mol. The number of methoxy groups -OCH3 is 1. The fourth-order valence-electron chi connectivity index (χ4n) is 5.27. The first-order valence-corrected chi connectivity index (χ1v) is 11.6. The quantitative estimate of drug-likeness (QED) is 0.639. The van der Waals surface area contributed by atoms with Crippen molar-refractivity contribution in [2.24, 2.45) is 13.0 Å². The molecule has 0 N–H and O–H groups in total. The number of rotatable bonds is 8. The molecule has 1 aliphatic heterocycles. The van der Waals surface area contributed by atoms with Crippen molar-refractivity contribution in [3.8, 4) is 0 Å². The second kappa shape index (κ2) is 9.82. The highest BCUT2D eigenvalue weighted by Crippen LogP contribution is 2.29. The van der Waals surface area contributed by atoms with E-state index >= 15 is 0 Å². The summed E-state index contributed by atoms with van der Waals surface area (Å²) in [6.07, 6.45) is 5.02. The molecule has 0 spiro atoms. The van der Waals surface area contributed by atoms with Gasteiger partial charge in [-0.1, -0.05) is 35.9 Å². The van der Waals surface area contributed by atoms with E-state index in [2.05, 4.69) is 46.1 Å². The molecule has 164 valence electrons. The fourth-order valence-corrected chi connectivity index (χ4v) is 5.50. The largest absolute Gasteiger partial charge is 0.383 e. The van der Waals surface area contributed by atoms with Gasteiger partial charge in [-0.3, -0.25) is 14.5 Å². The summed E-state index contributed by atoms with van der Waals surface area (Å²) < 4.78 is 7.18. The van der Waals surface area contributed by atoms with E-state index in [1.165, 1.54) is 38.8 Å². The monoisotopic (exact) mass is 430 g/mol. The van der Waals surface area contributed by atoms with Crippen molar-refractivity contribution < 1.29 is 4.74 Å². The molecule has 1 aliphatic carbocycles. The van der Waals surface area contributed by atoms with E-state index in [9.17, 15) is 0 Å². The molecule has 6 heteroatoms. The Morgan fingerprint density at radius 1 is 1.23 bits per heavy atom. The lowest BCUT2D eigenvalue weighted by molar-refractivity contribution is 0.0843. The van der Waals surface area contributed by atoms with Crippen LogP contribution in [0.5, 0.6) is 0 Å². The molecule has 1 atom stereocenters. The van der Waals surface area contributed by atoms with Gasteiger partial charge in [0.05, 0.1) is 12.3 Å². The molecule has 4 rings (SSSR count). The summed E-state index contributed by atoms with van der Waals surface area (Å²) in [5.74, 6) is 0.690. The molecule has 1 aromatic carbocycles. The Morgan fingerprint density at radius 2 is 1.97 bits per heavy atom. The molecule has 5 nitrogen and oxygen atoms in total. The third kappa shape index (κ3) is 4.91. The van der Waals surface area contributed by atoms with Crippen LogP contribution in [0.4, 0.5) is 0 Å². The number of ether oxygens (including phenoxy) is 1. The van der Waals surface area contributed by atoms with Gasteiger partial charge in [-0.25, -0.2) is 0 Å². The Bertz CT molecular complexity index is 827. The standard InChI is InChI=1S/C24H35ClN4O/c1-18-23(24(25)27(2)26-18)17-28(11-12-30-3)15-19-7-6-10-29(16-19)22-13-20-8-4-5-9-21(20)14-22/h4-5,8-9,19,22H,6-7,10-17H2,1-3H3/t19-/m0/s1. The lowest BCUT2D eigenvalue weighted by Crippen LogP contribution is -2.46. The first-order valence-electron chi connectivity index (χ1n) is 11.2. The zero-order valence-electron chi connectivity index (χ0n) is 18.6. The van der Waals surface area contributed by atoms with Crippen molar-refractivity contribution in [1.82, 2.24) is 19.6 Å². The van der Waals surface area contributed by atoms with E-state index in [4.69, 9.17) is 16.3 Å². The van der Waals surface area contributed by atoms with Gasteiger partial charge in [0.1, 0.15) is 5.15 Å². The van der Waals surface area contributed by atoms with E-state index in [1.807, 2.05) is 7.05 Å². The Labute approximate surface area is 185 Å². The highest BCUT2D eigenvalue weighted by atomic mass is 35.5. The molecule has 2 aromatic rings. The van der Waals surface area contributed by atoms with E-state index in [0.717, 1.165) is 42.7 Å². The van der Waals surface area contributed by atoms with Gasteiger partial charge in [0.15, 0.2) is 0 Å². The number of halogens is 1. The van der Waals surface area contributed by atoms with Gasteiger partial charge in [0, 0.05) is 51.9 Å². The maximum Gasteiger partial charge on any atom is 0.131 e. The zero-order chi connectivity index (χ0) is 21.1. The van der Waals surface area contributed by atoms with Crippen LogP contribution in [0.25, 0.3) is 0 Å². The van der Waals surface area contributed by atoms with Gasteiger partial charge in [-0.05, 0) is 56.2 Å². The zero-order valence-corrected chi connectivity index (χ0v) is 19.4. The van der Waals surface area contributed by atoms with Crippen LogP contribution < -0.4 is 0 Å². The Kier molecular flexibility index (Phi) is 7.14. The summed E-state index contributed by atoms with van der Waals surface area (Å²) in [6.45, 7) is 8.08. The van der Waals surface area contributed by atoms with E-state index in [0.29, 0.717) is 12.0 Å². The average Bonchev–Trinajstić information content (AvgIpc) is 3.28. The number of hydrogen-bond donors (Lipinski definition) is 0. The molecule has 0 saturated carbocycles. The van der Waals surface area contributed by atoms with Crippen LogP contribution >= 0.6 is 11.6 Å². The molecular formula is C24H35ClN4O. The van der Waals surface area contributed by atoms with Crippen molar-refractivity contribution in [2.75, 3.05) is 39.9 Å². The van der Waals surface area contributed by atoms with Gasteiger partial charge < -0.3 is 4.74 Å². The first-order chi connectivity index (χ1) is 14.5. The van der Waals surface area contributed by atoms with Crippen molar-refractivity contribution in [3.63, 3.8) is 0 Å². The van der Waals surface area contributed by atoms with Crippen LogP contribution in [-0.4, -0.2) is 65.5 Å². The van der Waals surface area contributed by atoms with Crippen LogP contribution in [0.1, 0.15) is 35.2 Å². The van der Waals surface area contributed by atoms with Crippen molar-refractivity contribution in [1.29, 1.82) is 0 Å². The predicted octanol–water partition coefficient (Wildman–Crippen LogP) is 3.71.